The summed E-state index contributed by atoms with van der Waals surface area (Å²) >= 11 is 6.22. The molecule has 1 aliphatic rings. The standard InChI is InChI=1S/C22H20ClN5O3/c1-30-15-4-3-12(18(8-15)31-2)10-26-21-17-11-25-20(7-13(17)6-19(23)27-21)28-22(29)16-5-14(16)9-24/h3-4,6-8,11,14,16H,5,10H2,1-2H3,(H,26,27)(H,25,28,29)/t14-,16-/m1/s1. The van der Waals surface area contributed by atoms with Gasteiger partial charge in [0.15, 0.2) is 0 Å². The number of carbonyl (C=O) groups excluding carboxylic acids is 1. The molecule has 4 rings (SSSR count). The number of hydrogen-bond donors (Lipinski definition) is 2. The van der Waals surface area contributed by atoms with Crippen LogP contribution in [-0.2, 0) is 11.3 Å². The van der Waals surface area contributed by atoms with Crippen molar-refractivity contribution in [3.63, 3.8) is 0 Å². The zero-order valence-corrected chi connectivity index (χ0v) is 17.7. The average Bonchev–Trinajstić information content (AvgIpc) is 3.57. The van der Waals surface area contributed by atoms with Crippen LogP contribution in [0.15, 0.2) is 36.5 Å². The molecule has 1 amide bonds. The molecule has 2 aromatic heterocycles. The Morgan fingerprint density at radius 2 is 2.13 bits per heavy atom. The largest absolute Gasteiger partial charge is 0.497 e. The number of rotatable bonds is 7. The van der Waals surface area contributed by atoms with E-state index in [2.05, 4.69) is 26.7 Å². The van der Waals surface area contributed by atoms with Crippen LogP contribution in [0.4, 0.5) is 11.6 Å². The fourth-order valence-electron chi connectivity index (χ4n) is 3.34. The summed E-state index contributed by atoms with van der Waals surface area (Å²) in [5.74, 6) is 1.72. The molecule has 1 saturated carbocycles. The van der Waals surface area contributed by atoms with Crippen LogP contribution in [0.25, 0.3) is 10.8 Å². The molecule has 2 N–H and O–H groups in total. The number of carbonyl (C=O) groups is 1. The van der Waals surface area contributed by atoms with E-state index < -0.39 is 0 Å². The predicted octanol–water partition coefficient (Wildman–Crippen LogP) is 4.01. The average molecular weight is 438 g/mol. The molecule has 0 bridgehead atoms. The second-order valence-corrected chi connectivity index (χ2v) is 7.57. The summed E-state index contributed by atoms with van der Waals surface area (Å²) in [7, 11) is 3.20. The van der Waals surface area contributed by atoms with Crippen molar-refractivity contribution in [2.24, 2.45) is 11.8 Å². The van der Waals surface area contributed by atoms with Gasteiger partial charge in [0.05, 0.1) is 32.1 Å². The molecular formula is C22H20ClN5O3. The maximum atomic E-state index is 12.2. The maximum Gasteiger partial charge on any atom is 0.230 e. The Hall–Kier alpha value is -3.57. The molecule has 0 aliphatic heterocycles. The highest BCUT2D eigenvalue weighted by Crippen LogP contribution is 2.38. The van der Waals surface area contributed by atoms with Gasteiger partial charge in [0, 0.05) is 29.8 Å². The van der Waals surface area contributed by atoms with Gasteiger partial charge < -0.3 is 20.1 Å². The summed E-state index contributed by atoms with van der Waals surface area (Å²) in [6.07, 6.45) is 2.23. The van der Waals surface area contributed by atoms with Crippen molar-refractivity contribution in [1.29, 1.82) is 5.26 Å². The second kappa shape index (κ2) is 8.66. The van der Waals surface area contributed by atoms with Crippen LogP contribution in [0, 0.1) is 23.2 Å². The molecule has 3 aromatic rings. The lowest BCUT2D eigenvalue weighted by atomic mass is 10.1. The van der Waals surface area contributed by atoms with Crippen LogP contribution in [0.3, 0.4) is 0 Å². The highest BCUT2D eigenvalue weighted by molar-refractivity contribution is 6.30. The second-order valence-electron chi connectivity index (χ2n) is 7.18. The van der Waals surface area contributed by atoms with Crippen molar-refractivity contribution in [1.82, 2.24) is 9.97 Å². The summed E-state index contributed by atoms with van der Waals surface area (Å²) < 4.78 is 10.7. The molecule has 1 fully saturated rings. The van der Waals surface area contributed by atoms with Gasteiger partial charge in [0.2, 0.25) is 5.91 Å². The smallest absolute Gasteiger partial charge is 0.230 e. The number of pyridine rings is 2. The number of hydrogen-bond acceptors (Lipinski definition) is 7. The van der Waals surface area contributed by atoms with Gasteiger partial charge in [-0.05, 0) is 36.1 Å². The molecule has 0 spiro atoms. The summed E-state index contributed by atoms with van der Waals surface area (Å²) in [5.41, 5.74) is 0.923. The van der Waals surface area contributed by atoms with E-state index in [0.29, 0.717) is 41.3 Å². The van der Waals surface area contributed by atoms with Crippen LogP contribution < -0.4 is 20.1 Å². The van der Waals surface area contributed by atoms with Gasteiger partial charge in [-0.15, -0.1) is 0 Å². The van der Waals surface area contributed by atoms with Crippen molar-refractivity contribution >= 4 is 39.9 Å². The number of halogens is 1. The highest BCUT2D eigenvalue weighted by Gasteiger charge is 2.43. The minimum absolute atomic E-state index is 0.191. The molecule has 0 unspecified atom stereocenters. The number of aromatic nitrogens is 2. The number of methoxy groups -OCH3 is 2. The van der Waals surface area contributed by atoms with Gasteiger partial charge in [0.1, 0.15) is 28.3 Å². The maximum absolute atomic E-state index is 12.2. The Kier molecular flexibility index (Phi) is 5.78. The van der Waals surface area contributed by atoms with Crippen LogP contribution in [0.2, 0.25) is 5.15 Å². The zero-order chi connectivity index (χ0) is 22.0. The third kappa shape index (κ3) is 4.47. The molecule has 9 heteroatoms. The molecule has 2 heterocycles. The SMILES string of the molecule is COc1ccc(CNc2nc(Cl)cc3cc(NC(=O)[C@@H]4C[C@@H]4C#N)ncc23)c(OC)c1. The monoisotopic (exact) mass is 437 g/mol. The lowest BCUT2D eigenvalue weighted by molar-refractivity contribution is -0.117. The summed E-state index contributed by atoms with van der Waals surface area (Å²) in [6, 6.07) is 11.1. The Morgan fingerprint density at radius 3 is 2.84 bits per heavy atom. The molecule has 8 nitrogen and oxygen atoms in total. The minimum atomic E-state index is -0.264. The topological polar surface area (TPSA) is 109 Å². The van der Waals surface area contributed by atoms with Gasteiger partial charge in [-0.1, -0.05) is 11.6 Å². The van der Waals surface area contributed by atoms with Gasteiger partial charge in [-0.25, -0.2) is 9.97 Å². The van der Waals surface area contributed by atoms with E-state index in [4.69, 9.17) is 26.3 Å². The van der Waals surface area contributed by atoms with Gasteiger partial charge in [0.25, 0.3) is 0 Å². The first-order valence-electron chi connectivity index (χ1n) is 9.64. The number of nitrogens with one attached hydrogen (secondary N) is 2. The van der Waals surface area contributed by atoms with Crippen LogP contribution in [0.1, 0.15) is 12.0 Å². The first-order chi connectivity index (χ1) is 15.0. The van der Waals surface area contributed by atoms with Gasteiger partial charge in [-0.3, -0.25) is 4.79 Å². The van der Waals surface area contributed by atoms with Crippen molar-refractivity contribution < 1.29 is 14.3 Å². The number of ether oxygens (including phenoxy) is 2. The Labute approximate surface area is 184 Å². The summed E-state index contributed by atoms with van der Waals surface area (Å²) in [5, 5.41) is 16.8. The van der Waals surface area contributed by atoms with E-state index in [1.165, 1.54) is 0 Å². The molecular weight excluding hydrogens is 418 g/mol. The third-order valence-electron chi connectivity index (χ3n) is 5.17. The van der Waals surface area contributed by atoms with E-state index in [9.17, 15) is 4.79 Å². The van der Waals surface area contributed by atoms with Crippen molar-refractivity contribution in [3.8, 4) is 17.6 Å². The Balaban J connectivity index is 1.55. The Morgan fingerprint density at radius 1 is 1.29 bits per heavy atom. The first kappa shape index (κ1) is 20.7. The molecule has 1 aromatic carbocycles. The van der Waals surface area contributed by atoms with Crippen molar-refractivity contribution in [2.75, 3.05) is 24.9 Å². The summed E-state index contributed by atoms with van der Waals surface area (Å²) in [4.78, 5) is 20.9. The number of benzene rings is 1. The van der Waals surface area contributed by atoms with E-state index in [0.717, 1.165) is 16.3 Å². The van der Waals surface area contributed by atoms with E-state index in [1.807, 2.05) is 18.2 Å². The highest BCUT2D eigenvalue weighted by atomic mass is 35.5. The molecule has 158 valence electrons. The van der Waals surface area contributed by atoms with Gasteiger partial charge in [-0.2, -0.15) is 5.26 Å². The molecule has 0 saturated heterocycles. The van der Waals surface area contributed by atoms with Crippen LogP contribution in [0.5, 0.6) is 11.5 Å². The number of fused-ring (bicyclic) bond motifs is 1. The summed E-state index contributed by atoms with van der Waals surface area (Å²) in [6.45, 7) is 0.450. The normalized spacial score (nSPS) is 17.0. The van der Waals surface area contributed by atoms with E-state index >= 15 is 0 Å². The predicted molar refractivity (Wildman–Crippen MR) is 117 cm³/mol. The van der Waals surface area contributed by atoms with E-state index in [-0.39, 0.29) is 17.7 Å². The first-order valence-corrected chi connectivity index (χ1v) is 10.0. The minimum Gasteiger partial charge on any atom is -0.497 e. The van der Waals surface area contributed by atoms with Crippen molar-refractivity contribution in [3.05, 3.63) is 47.2 Å². The number of amides is 1. The lowest BCUT2D eigenvalue weighted by Crippen LogP contribution is -2.15. The fraction of sp³-hybridized carbons (Fsp3) is 0.273. The fourth-order valence-corrected chi connectivity index (χ4v) is 3.54. The Bertz CT molecular complexity index is 1190. The molecule has 0 radical (unpaired) electrons. The molecule has 1 aliphatic carbocycles. The zero-order valence-electron chi connectivity index (χ0n) is 17.0. The van der Waals surface area contributed by atoms with Crippen LogP contribution in [-0.4, -0.2) is 30.1 Å². The number of anilines is 2. The lowest BCUT2D eigenvalue weighted by Gasteiger charge is -2.13. The van der Waals surface area contributed by atoms with Crippen LogP contribution >= 0.6 is 11.6 Å². The number of nitriles is 1. The number of nitrogens with zero attached hydrogens (tertiary/aromatic N) is 3. The molecule has 2 atom stereocenters. The van der Waals surface area contributed by atoms with Crippen molar-refractivity contribution in [2.45, 2.75) is 13.0 Å². The quantitative estimate of drug-likeness (QED) is 0.537. The molecule has 31 heavy (non-hydrogen) atoms. The third-order valence-corrected chi connectivity index (χ3v) is 5.36. The van der Waals surface area contributed by atoms with E-state index in [1.54, 1.807) is 32.5 Å². The van der Waals surface area contributed by atoms with Gasteiger partial charge >= 0.3 is 0 Å².